The molecule has 0 atom stereocenters. The Kier molecular flexibility index (Phi) is 4.74. The fourth-order valence-electron chi connectivity index (χ4n) is 2.13. The number of rotatable bonds is 4. The molecule has 112 valence electrons. The minimum atomic E-state index is -0.445. The topological polar surface area (TPSA) is 67.9 Å². The summed E-state index contributed by atoms with van der Waals surface area (Å²) in [4.78, 5) is 12.5. The molecule has 0 unspecified atom stereocenters. The SMILES string of the molecule is CCOc1ccccc1/C=C(\C#N)C(=O)n1nc(C)cc1C. The Morgan fingerprint density at radius 2 is 2.14 bits per heavy atom. The van der Waals surface area contributed by atoms with Crippen LogP contribution in [0.25, 0.3) is 6.08 Å². The Morgan fingerprint density at radius 3 is 2.73 bits per heavy atom. The van der Waals surface area contributed by atoms with Crippen molar-refractivity contribution in [2.24, 2.45) is 0 Å². The van der Waals surface area contributed by atoms with Crippen molar-refractivity contribution in [3.8, 4) is 11.8 Å². The van der Waals surface area contributed by atoms with Gasteiger partial charge >= 0.3 is 0 Å². The lowest BCUT2D eigenvalue weighted by Gasteiger charge is -2.07. The normalized spacial score (nSPS) is 11.1. The van der Waals surface area contributed by atoms with E-state index in [0.717, 1.165) is 5.69 Å². The van der Waals surface area contributed by atoms with Crippen molar-refractivity contribution in [3.05, 3.63) is 52.9 Å². The molecule has 0 radical (unpaired) electrons. The van der Waals surface area contributed by atoms with E-state index in [-0.39, 0.29) is 5.57 Å². The minimum absolute atomic E-state index is 0.0124. The van der Waals surface area contributed by atoms with E-state index in [0.29, 0.717) is 23.6 Å². The summed E-state index contributed by atoms with van der Waals surface area (Å²) in [6.07, 6.45) is 1.53. The average molecular weight is 295 g/mol. The molecule has 0 amide bonds. The van der Waals surface area contributed by atoms with Crippen LogP contribution in [0.2, 0.25) is 0 Å². The lowest BCUT2D eigenvalue weighted by Crippen LogP contribution is -2.15. The van der Waals surface area contributed by atoms with Crippen LogP contribution in [0.3, 0.4) is 0 Å². The summed E-state index contributed by atoms with van der Waals surface area (Å²) in [6, 6.07) is 11.0. The maximum absolute atomic E-state index is 12.5. The van der Waals surface area contributed by atoms with Gasteiger partial charge < -0.3 is 4.74 Å². The van der Waals surface area contributed by atoms with Crippen molar-refractivity contribution in [2.45, 2.75) is 20.8 Å². The van der Waals surface area contributed by atoms with Crippen molar-refractivity contribution < 1.29 is 9.53 Å². The number of hydrogen-bond donors (Lipinski definition) is 0. The van der Waals surface area contributed by atoms with Gasteiger partial charge in [0.15, 0.2) is 0 Å². The lowest BCUT2D eigenvalue weighted by atomic mass is 10.1. The molecule has 0 fully saturated rings. The molecule has 0 saturated carbocycles. The van der Waals surface area contributed by atoms with Crippen LogP contribution >= 0.6 is 0 Å². The lowest BCUT2D eigenvalue weighted by molar-refractivity contribution is 0.0944. The third-order valence-electron chi connectivity index (χ3n) is 3.07. The number of ether oxygens (including phenoxy) is 1. The van der Waals surface area contributed by atoms with Crippen LogP contribution in [0, 0.1) is 25.2 Å². The van der Waals surface area contributed by atoms with E-state index >= 15 is 0 Å². The summed E-state index contributed by atoms with van der Waals surface area (Å²) in [5.41, 5.74) is 2.13. The Hall–Kier alpha value is -2.87. The van der Waals surface area contributed by atoms with Gasteiger partial charge in [-0.2, -0.15) is 10.4 Å². The van der Waals surface area contributed by atoms with Crippen LogP contribution in [0.4, 0.5) is 0 Å². The summed E-state index contributed by atoms with van der Waals surface area (Å²) in [5, 5.41) is 13.4. The zero-order chi connectivity index (χ0) is 16.1. The molecule has 22 heavy (non-hydrogen) atoms. The van der Waals surface area contributed by atoms with E-state index in [1.54, 1.807) is 32.0 Å². The predicted molar refractivity (Wildman–Crippen MR) is 83.5 cm³/mol. The number of allylic oxidation sites excluding steroid dienone is 1. The second-order valence-corrected chi connectivity index (χ2v) is 4.78. The fraction of sp³-hybridized carbons (Fsp3) is 0.235. The van der Waals surface area contributed by atoms with Gasteiger partial charge in [-0.1, -0.05) is 18.2 Å². The molecule has 0 aliphatic rings. The van der Waals surface area contributed by atoms with Gasteiger partial charge in [0.2, 0.25) is 0 Å². The van der Waals surface area contributed by atoms with Crippen molar-refractivity contribution in [2.75, 3.05) is 6.61 Å². The van der Waals surface area contributed by atoms with Gasteiger partial charge in [0.05, 0.1) is 12.3 Å². The largest absolute Gasteiger partial charge is 0.493 e. The molecule has 0 aliphatic heterocycles. The predicted octanol–water partition coefficient (Wildman–Crippen LogP) is 3.15. The van der Waals surface area contributed by atoms with E-state index in [4.69, 9.17) is 4.74 Å². The molecule has 1 aromatic heterocycles. The van der Waals surface area contributed by atoms with Crippen LogP contribution in [0.1, 0.15) is 28.7 Å². The average Bonchev–Trinajstić information content (AvgIpc) is 2.84. The second-order valence-electron chi connectivity index (χ2n) is 4.78. The molecule has 5 heteroatoms. The zero-order valence-electron chi connectivity index (χ0n) is 12.8. The first-order valence-corrected chi connectivity index (χ1v) is 6.98. The number of nitrogens with zero attached hydrogens (tertiary/aromatic N) is 3. The van der Waals surface area contributed by atoms with Crippen molar-refractivity contribution in [1.29, 1.82) is 5.26 Å². The number of nitriles is 1. The highest BCUT2D eigenvalue weighted by Crippen LogP contribution is 2.21. The van der Waals surface area contributed by atoms with E-state index in [1.165, 1.54) is 10.8 Å². The van der Waals surface area contributed by atoms with E-state index in [1.807, 2.05) is 25.1 Å². The monoisotopic (exact) mass is 295 g/mol. The Bertz CT molecular complexity index is 766. The molecule has 0 bridgehead atoms. The summed E-state index contributed by atoms with van der Waals surface area (Å²) in [6.45, 7) is 5.98. The van der Waals surface area contributed by atoms with Crippen molar-refractivity contribution in [3.63, 3.8) is 0 Å². The molecular formula is C17H17N3O2. The molecule has 0 N–H and O–H groups in total. The highest BCUT2D eigenvalue weighted by atomic mass is 16.5. The first-order chi connectivity index (χ1) is 10.6. The standard InChI is InChI=1S/C17H17N3O2/c1-4-22-16-8-6-5-7-14(16)10-15(11-18)17(21)20-13(3)9-12(2)19-20/h5-10H,4H2,1-3H3/b15-10+. The summed E-state index contributed by atoms with van der Waals surface area (Å²) in [5.74, 6) is 0.193. The summed E-state index contributed by atoms with van der Waals surface area (Å²) >= 11 is 0. The number of benzene rings is 1. The molecule has 2 rings (SSSR count). The highest BCUT2D eigenvalue weighted by Gasteiger charge is 2.16. The zero-order valence-corrected chi connectivity index (χ0v) is 12.8. The van der Waals surface area contributed by atoms with Gasteiger partial charge in [0.1, 0.15) is 17.4 Å². The molecule has 1 heterocycles. The quantitative estimate of drug-likeness (QED) is 0.642. The van der Waals surface area contributed by atoms with E-state index < -0.39 is 5.91 Å². The van der Waals surface area contributed by atoms with Crippen LogP contribution in [0.15, 0.2) is 35.9 Å². The number of para-hydroxylation sites is 1. The van der Waals surface area contributed by atoms with Gasteiger partial charge in [0, 0.05) is 11.3 Å². The third-order valence-corrected chi connectivity index (χ3v) is 3.07. The summed E-state index contributed by atoms with van der Waals surface area (Å²) in [7, 11) is 0. The van der Waals surface area contributed by atoms with Gasteiger partial charge in [-0.25, -0.2) is 4.68 Å². The molecule has 1 aromatic carbocycles. The molecule has 0 saturated heterocycles. The molecule has 2 aromatic rings. The van der Waals surface area contributed by atoms with Crippen molar-refractivity contribution >= 4 is 12.0 Å². The highest BCUT2D eigenvalue weighted by molar-refractivity contribution is 6.03. The maximum Gasteiger partial charge on any atom is 0.289 e. The fourth-order valence-corrected chi connectivity index (χ4v) is 2.13. The first-order valence-electron chi connectivity index (χ1n) is 6.98. The van der Waals surface area contributed by atoms with Crippen LogP contribution in [0.5, 0.6) is 5.75 Å². The van der Waals surface area contributed by atoms with E-state index in [2.05, 4.69) is 5.10 Å². The van der Waals surface area contributed by atoms with Crippen LogP contribution < -0.4 is 4.74 Å². The molecule has 5 nitrogen and oxygen atoms in total. The summed E-state index contributed by atoms with van der Waals surface area (Å²) < 4.78 is 6.75. The maximum atomic E-state index is 12.5. The van der Waals surface area contributed by atoms with Crippen LogP contribution in [-0.2, 0) is 0 Å². The molecule has 0 aliphatic carbocycles. The third kappa shape index (κ3) is 3.23. The second kappa shape index (κ2) is 6.72. The van der Waals surface area contributed by atoms with Gasteiger partial charge in [-0.05, 0) is 39.0 Å². The van der Waals surface area contributed by atoms with Gasteiger partial charge in [-0.15, -0.1) is 0 Å². The number of aryl methyl sites for hydroxylation is 2. The van der Waals surface area contributed by atoms with Crippen LogP contribution in [-0.4, -0.2) is 22.3 Å². The smallest absolute Gasteiger partial charge is 0.289 e. The van der Waals surface area contributed by atoms with E-state index in [9.17, 15) is 10.1 Å². The molecule has 0 spiro atoms. The number of carbonyl (C=O) groups is 1. The number of carbonyl (C=O) groups excluding carboxylic acids is 1. The Balaban J connectivity index is 2.42. The van der Waals surface area contributed by atoms with Gasteiger partial charge in [0.25, 0.3) is 5.91 Å². The minimum Gasteiger partial charge on any atom is -0.493 e. The number of hydrogen-bond acceptors (Lipinski definition) is 4. The first kappa shape index (κ1) is 15.5. The van der Waals surface area contributed by atoms with Gasteiger partial charge in [-0.3, -0.25) is 4.79 Å². The molecular weight excluding hydrogens is 278 g/mol. The Morgan fingerprint density at radius 1 is 1.41 bits per heavy atom. The Labute approximate surface area is 129 Å². The number of aromatic nitrogens is 2. The van der Waals surface area contributed by atoms with Crippen molar-refractivity contribution in [1.82, 2.24) is 9.78 Å².